The van der Waals surface area contributed by atoms with Gasteiger partial charge in [-0.1, -0.05) is 35.9 Å². The van der Waals surface area contributed by atoms with E-state index in [9.17, 15) is 9.18 Å². The van der Waals surface area contributed by atoms with Crippen LogP contribution in [0.3, 0.4) is 0 Å². The molecule has 1 saturated carbocycles. The number of fused-ring (bicyclic) bond motifs is 1. The molecule has 0 spiro atoms. The average Bonchev–Trinajstić information content (AvgIpc) is 3.33. The molecule has 0 bridgehead atoms. The molecule has 2 fully saturated rings. The number of nitrogens with zero attached hydrogens (tertiary/aromatic N) is 5. The van der Waals surface area contributed by atoms with Crippen LogP contribution in [0.15, 0.2) is 54.7 Å². The van der Waals surface area contributed by atoms with E-state index in [1.165, 1.54) is 11.8 Å². The van der Waals surface area contributed by atoms with Crippen LogP contribution in [0.1, 0.15) is 44.6 Å². The van der Waals surface area contributed by atoms with Gasteiger partial charge in [-0.25, -0.2) is 14.4 Å². The molecule has 2 aromatic heterocycles. The van der Waals surface area contributed by atoms with E-state index in [2.05, 4.69) is 44.8 Å². The Balaban J connectivity index is 1.26. The predicted octanol–water partition coefficient (Wildman–Crippen LogP) is 5.66. The van der Waals surface area contributed by atoms with E-state index in [1.807, 2.05) is 10.6 Å². The first-order valence-electron chi connectivity index (χ1n) is 13.8. The Kier molecular flexibility index (Phi) is 7.42. The normalized spacial score (nSPS) is 20.0. The van der Waals surface area contributed by atoms with Crippen molar-refractivity contribution in [1.29, 1.82) is 0 Å². The molecule has 1 amide bonds. The second-order valence-corrected chi connectivity index (χ2v) is 11.0. The van der Waals surface area contributed by atoms with Gasteiger partial charge in [0.2, 0.25) is 17.8 Å². The minimum atomic E-state index is -0.473. The molecule has 9 nitrogen and oxygen atoms in total. The number of anilines is 4. The van der Waals surface area contributed by atoms with Crippen LogP contribution >= 0.6 is 11.6 Å². The first-order chi connectivity index (χ1) is 19.5. The maximum absolute atomic E-state index is 14.7. The number of piperidine rings is 1. The minimum absolute atomic E-state index is 0.00510. The summed E-state index contributed by atoms with van der Waals surface area (Å²) in [4.78, 5) is 28.3. The number of hydrogen-bond donors (Lipinski definition) is 3. The largest absolute Gasteiger partial charge is 0.371 e. The van der Waals surface area contributed by atoms with E-state index in [0.29, 0.717) is 35.9 Å². The number of imidazole rings is 1. The fourth-order valence-electron chi connectivity index (χ4n) is 5.85. The number of hydrogen-bond acceptors (Lipinski definition) is 7. The zero-order chi connectivity index (χ0) is 27.6. The summed E-state index contributed by atoms with van der Waals surface area (Å²) in [5.41, 5.74) is 8.22. The topological polar surface area (TPSA) is 114 Å². The summed E-state index contributed by atoms with van der Waals surface area (Å²) in [5, 5.41) is 6.89. The highest BCUT2D eigenvalue weighted by Crippen LogP contribution is 2.38. The Bertz CT molecular complexity index is 1480. The number of primary amides is 1. The van der Waals surface area contributed by atoms with Crippen LogP contribution in [0.5, 0.6) is 0 Å². The van der Waals surface area contributed by atoms with Gasteiger partial charge >= 0.3 is 0 Å². The molecule has 2 aliphatic rings. The number of carbonyl (C=O) groups excluding carboxylic acids is 1. The zero-order valence-electron chi connectivity index (χ0n) is 22.1. The molecule has 208 valence electrons. The third-order valence-electron chi connectivity index (χ3n) is 8.05. The highest BCUT2D eigenvalue weighted by atomic mass is 35.5. The maximum atomic E-state index is 14.7. The van der Waals surface area contributed by atoms with Crippen LogP contribution in [0.25, 0.3) is 11.2 Å². The molecule has 1 aliphatic carbocycles. The first kappa shape index (κ1) is 26.3. The monoisotopic (exact) mass is 562 g/mol. The quantitative estimate of drug-likeness (QED) is 0.266. The van der Waals surface area contributed by atoms with Crippen molar-refractivity contribution in [2.24, 2.45) is 11.7 Å². The molecule has 3 heterocycles. The number of halogens is 2. The molecular weight excluding hydrogens is 531 g/mol. The highest BCUT2D eigenvalue weighted by molar-refractivity contribution is 6.33. The summed E-state index contributed by atoms with van der Waals surface area (Å²) in [7, 11) is 0. The number of rotatable bonds is 7. The second-order valence-electron chi connectivity index (χ2n) is 10.6. The van der Waals surface area contributed by atoms with E-state index >= 15 is 0 Å². The Hall–Kier alpha value is -3.92. The van der Waals surface area contributed by atoms with E-state index in [4.69, 9.17) is 27.3 Å². The van der Waals surface area contributed by atoms with Crippen LogP contribution in [0, 0.1) is 11.7 Å². The van der Waals surface area contributed by atoms with Crippen molar-refractivity contribution in [3.8, 4) is 0 Å². The van der Waals surface area contributed by atoms with Gasteiger partial charge in [0, 0.05) is 36.8 Å². The van der Waals surface area contributed by atoms with Gasteiger partial charge in [-0.05, 0) is 62.8 Å². The smallest absolute Gasteiger partial charge is 0.224 e. The van der Waals surface area contributed by atoms with Crippen LogP contribution in [0.4, 0.5) is 27.7 Å². The van der Waals surface area contributed by atoms with Gasteiger partial charge in [0.25, 0.3) is 0 Å². The Morgan fingerprint density at radius 2 is 1.73 bits per heavy atom. The molecule has 4 aromatic rings. The molecule has 2 aromatic carbocycles. The van der Waals surface area contributed by atoms with Gasteiger partial charge in [-0.15, -0.1) is 0 Å². The maximum Gasteiger partial charge on any atom is 0.224 e. The number of carbonyl (C=O) groups is 1. The van der Waals surface area contributed by atoms with Crippen molar-refractivity contribution in [3.05, 3.63) is 65.6 Å². The number of aromatic nitrogens is 4. The minimum Gasteiger partial charge on any atom is -0.371 e. The van der Waals surface area contributed by atoms with Gasteiger partial charge in [0.05, 0.1) is 16.9 Å². The third kappa shape index (κ3) is 5.40. The van der Waals surface area contributed by atoms with Crippen molar-refractivity contribution >= 4 is 51.9 Å². The lowest BCUT2D eigenvalue weighted by atomic mass is 9.85. The molecule has 40 heavy (non-hydrogen) atoms. The lowest BCUT2D eigenvalue weighted by molar-refractivity contribution is -0.122. The molecule has 1 saturated heterocycles. The van der Waals surface area contributed by atoms with Crippen molar-refractivity contribution in [2.75, 3.05) is 28.6 Å². The molecule has 6 rings (SSSR count). The number of amides is 1. The lowest BCUT2D eigenvalue weighted by Crippen LogP contribution is -2.39. The molecule has 0 atom stereocenters. The van der Waals surface area contributed by atoms with Crippen molar-refractivity contribution < 1.29 is 9.18 Å². The van der Waals surface area contributed by atoms with Crippen LogP contribution in [-0.2, 0) is 4.79 Å². The summed E-state index contributed by atoms with van der Waals surface area (Å²) in [6.45, 7) is 1.89. The third-order valence-corrected chi connectivity index (χ3v) is 8.36. The number of para-hydroxylation sites is 2. The van der Waals surface area contributed by atoms with Crippen LogP contribution in [0.2, 0.25) is 5.02 Å². The van der Waals surface area contributed by atoms with E-state index in [0.717, 1.165) is 38.8 Å². The van der Waals surface area contributed by atoms with E-state index < -0.39 is 5.82 Å². The summed E-state index contributed by atoms with van der Waals surface area (Å²) < 4.78 is 16.7. The Labute approximate surface area is 237 Å². The summed E-state index contributed by atoms with van der Waals surface area (Å²) >= 11 is 6.32. The van der Waals surface area contributed by atoms with Crippen LogP contribution < -0.4 is 21.3 Å². The van der Waals surface area contributed by atoms with E-state index in [1.54, 1.807) is 18.3 Å². The number of benzene rings is 2. The number of nitrogens with one attached hydrogen (secondary N) is 2. The number of nitrogens with two attached hydrogens (primary N) is 1. The van der Waals surface area contributed by atoms with Crippen molar-refractivity contribution in [1.82, 2.24) is 19.5 Å². The lowest BCUT2D eigenvalue weighted by Gasteiger charge is -2.34. The second kappa shape index (κ2) is 11.3. The highest BCUT2D eigenvalue weighted by Gasteiger charge is 2.30. The molecule has 1 aliphatic heterocycles. The van der Waals surface area contributed by atoms with Gasteiger partial charge in [0.15, 0.2) is 5.65 Å². The summed E-state index contributed by atoms with van der Waals surface area (Å²) in [6.07, 6.45) is 6.43. The van der Waals surface area contributed by atoms with Gasteiger partial charge in [-0.3, -0.25) is 9.36 Å². The zero-order valence-corrected chi connectivity index (χ0v) is 22.8. The van der Waals surface area contributed by atoms with Gasteiger partial charge in [-0.2, -0.15) is 4.98 Å². The predicted molar refractivity (Wildman–Crippen MR) is 156 cm³/mol. The first-order valence-corrected chi connectivity index (χ1v) is 14.2. The molecular formula is C29H32ClFN8O. The SMILES string of the molecule is NC(=O)[C@H]1CC[C@H](n2c(Nc3c(F)cccc3Cl)nc3cnc(NC4CCN(c5ccccc5)CC4)nc32)CC1. The Morgan fingerprint density at radius 3 is 2.42 bits per heavy atom. The molecule has 0 unspecified atom stereocenters. The fraction of sp³-hybridized carbons (Fsp3) is 0.379. The fourth-order valence-corrected chi connectivity index (χ4v) is 6.06. The van der Waals surface area contributed by atoms with Gasteiger partial charge in [0.1, 0.15) is 11.3 Å². The molecule has 4 N–H and O–H groups in total. The van der Waals surface area contributed by atoms with E-state index in [-0.39, 0.29) is 34.6 Å². The Morgan fingerprint density at radius 1 is 0.975 bits per heavy atom. The van der Waals surface area contributed by atoms with Gasteiger partial charge < -0.3 is 21.3 Å². The molecule has 11 heteroatoms. The van der Waals surface area contributed by atoms with Crippen LogP contribution in [-0.4, -0.2) is 44.6 Å². The van der Waals surface area contributed by atoms with Crippen molar-refractivity contribution in [2.45, 2.75) is 50.6 Å². The van der Waals surface area contributed by atoms with Crippen molar-refractivity contribution in [3.63, 3.8) is 0 Å². The average molecular weight is 563 g/mol. The summed E-state index contributed by atoms with van der Waals surface area (Å²) in [5.74, 6) is 0.0914. The molecule has 0 radical (unpaired) electrons. The standard InChI is InChI=1S/C29H32ClFN8O/c30-22-7-4-8-23(31)25(22)36-29-35-24-17-33-28(34-19-13-15-38(16-14-19)20-5-2-1-3-6-20)37-27(24)39(29)21-11-9-18(10-12-21)26(32)40/h1-8,17-19,21H,9-16H2,(H2,32,40)(H,35,36)(H,33,34,37)/t18-,21-. The summed E-state index contributed by atoms with van der Waals surface area (Å²) in [6, 6.07) is 15.2.